The maximum Gasteiger partial charge on any atom is 0.306 e. The van der Waals surface area contributed by atoms with Crippen LogP contribution in [-0.2, 0) is 28.6 Å². The lowest BCUT2D eigenvalue weighted by molar-refractivity contribution is -0.167. The molecule has 0 fully saturated rings. The first-order chi connectivity index (χ1) is 30.5. The highest BCUT2D eigenvalue weighted by Gasteiger charge is 2.19. The molecule has 0 aliphatic heterocycles. The van der Waals surface area contributed by atoms with Crippen LogP contribution in [0.4, 0.5) is 0 Å². The zero-order chi connectivity index (χ0) is 45.1. The Morgan fingerprint density at radius 1 is 0.306 bits per heavy atom. The van der Waals surface area contributed by atoms with Crippen molar-refractivity contribution in [2.45, 2.75) is 290 Å². The molecule has 0 amide bonds. The standard InChI is InChI=1S/C56H102O6/c1-4-7-10-13-16-19-22-25-28-31-34-37-40-43-46-49-55(58)61-52-53(51-60-54(57)48-45-42-39-36-33-30-27-24-21-18-15-12-9-6-3)62-56(59)50-47-44-41-38-35-32-29-26-23-20-17-14-11-8-5-2/h24-29,53H,4-23,30-52H2,1-3H3/b27-24-,28-25-,29-26-. The van der Waals surface area contributed by atoms with Gasteiger partial charge in [0.2, 0.25) is 0 Å². The van der Waals surface area contributed by atoms with Gasteiger partial charge in [-0.25, -0.2) is 0 Å². The molecule has 0 bridgehead atoms. The topological polar surface area (TPSA) is 78.9 Å². The van der Waals surface area contributed by atoms with Crippen molar-refractivity contribution in [2.24, 2.45) is 0 Å². The number of ether oxygens (including phenoxy) is 3. The molecule has 0 saturated carbocycles. The van der Waals surface area contributed by atoms with Crippen LogP contribution < -0.4 is 0 Å². The first-order valence-electron chi connectivity index (χ1n) is 27.0. The quantitative estimate of drug-likeness (QED) is 0.0262. The van der Waals surface area contributed by atoms with Crippen molar-refractivity contribution in [3.8, 4) is 0 Å². The molecule has 6 nitrogen and oxygen atoms in total. The van der Waals surface area contributed by atoms with Gasteiger partial charge in [-0.3, -0.25) is 14.4 Å². The Bertz CT molecular complexity index is 1050. The van der Waals surface area contributed by atoms with Crippen LogP contribution in [0.15, 0.2) is 36.5 Å². The summed E-state index contributed by atoms with van der Waals surface area (Å²) in [6, 6.07) is 0. The van der Waals surface area contributed by atoms with Crippen molar-refractivity contribution in [1.82, 2.24) is 0 Å². The van der Waals surface area contributed by atoms with Gasteiger partial charge < -0.3 is 14.2 Å². The van der Waals surface area contributed by atoms with Crippen molar-refractivity contribution in [3.05, 3.63) is 36.5 Å². The van der Waals surface area contributed by atoms with Crippen LogP contribution >= 0.6 is 0 Å². The molecule has 1 atom stereocenters. The van der Waals surface area contributed by atoms with E-state index in [9.17, 15) is 14.4 Å². The van der Waals surface area contributed by atoms with Gasteiger partial charge in [-0.15, -0.1) is 0 Å². The molecular weight excluding hydrogens is 769 g/mol. The van der Waals surface area contributed by atoms with Crippen LogP contribution in [0.5, 0.6) is 0 Å². The maximum absolute atomic E-state index is 12.8. The van der Waals surface area contributed by atoms with Crippen molar-refractivity contribution in [2.75, 3.05) is 13.2 Å². The summed E-state index contributed by atoms with van der Waals surface area (Å²) in [6.07, 6.45) is 59.8. The predicted molar refractivity (Wildman–Crippen MR) is 266 cm³/mol. The molecule has 0 saturated heterocycles. The van der Waals surface area contributed by atoms with Crippen LogP contribution in [0.25, 0.3) is 0 Å². The number of hydrogen-bond donors (Lipinski definition) is 0. The first-order valence-corrected chi connectivity index (χ1v) is 27.0. The van der Waals surface area contributed by atoms with E-state index in [1.807, 2.05) is 0 Å². The highest BCUT2D eigenvalue weighted by atomic mass is 16.6. The van der Waals surface area contributed by atoms with E-state index >= 15 is 0 Å². The van der Waals surface area contributed by atoms with Crippen LogP contribution in [-0.4, -0.2) is 37.2 Å². The van der Waals surface area contributed by atoms with Gasteiger partial charge in [0.05, 0.1) is 0 Å². The fourth-order valence-corrected chi connectivity index (χ4v) is 7.72. The molecule has 0 spiro atoms. The fraction of sp³-hybridized carbons (Fsp3) is 0.839. The summed E-state index contributed by atoms with van der Waals surface area (Å²) in [4.78, 5) is 38.0. The van der Waals surface area contributed by atoms with Gasteiger partial charge in [0.25, 0.3) is 0 Å². The number of allylic oxidation sites excluding steroid dienone is 6. The molecule has 0 aromatic rings. The summed E-state index contributed by atoms with van der Waals surface area (Å²) in [5, 5.41) is 0. The van der Waals surface area contributed by atoms with Crippen molar-refractivity contribution in [3.63, 3.8) is 0 Å². The molecule has 0 radical (unpaired) electrons. The largest absolute Gasteiger partial charge is 0.462 e. The van der Waals surface area contributed by atoms with Gasteiger partial charge in [-0.05, 0) is 96.3 Å². The molecule has 362 valence electrons. The van der Waals surface area contributed by atoms with Gasteiger partial charge in [0.15, 0.2) is 6.10 Å². The van der Waals surface area contributed by atoms with E-state index < -0.39 is 6.10 Å². The minimum absolute atomic E-state index is 0.0807. The molecule has 62 heavy (non-hydrogen) atoms. The number of unbranched alkanes of at least 4 members (excludes halogenated alkanes) is 32. The van der Waals surface area contributed by atoms with Crippen LogP contribution in [0, 0.1) is 0 Å². The summed E-state index contributed by atoms with van der Waals surface area (Å²) in [5.41, 5.74) is 0. The third-order valence-electron chi connectivity index (χ3n) is 11.8. The second-order valence-corrected chi connectivity index (χ2v) is 18.1. The first kappa shape index (κ1) is 59.6. The zero-order valence-corrected chi connectivity index (χ0v) is 41.4. The molecule has 6 heteroatoms. The van der Waals surface area contributed by atoms with Crippen LogP contribution in [0.3, 0.4) is 0 Å². The minimum atomic E-state index is -0.781. The Labute approximate surface area is 385 Å². The van der Waals surface area contributed by atoms with E-state index in [4.69, 9.17) is 14.2 Å². The number of hydrogen-bond acceptors (Lipinski definition) is 6. The third kappa shape index (κ3) is 48.7. The minimum Gasteiger partial charge on any atom is -0.462 e. The van der Waals surface area contributed by atoms with E-state index in [0.29, 0.717) is 19.3 Å². The maximum atomic E-state index is 12.8. The van der Waals surface area contributed by atoms with E-state index in [-0.39, 0.29) is 31.1 Å². The van der Waals surface area contributed by atoms with E-state index in [1.54, 1.807) is 0 Å². The summed E-state index contributed by atoms with van der Waals surface area (Å²) in [6.45, 7) is 6.62. The van der Waals surface area contributed by atoms with E-state index in [2.05, 4.69) is 57.2 Å². The fourth-order valence-electron chi connectivity index (χ4n) is 7.72. The Morgan fingerprint density at radius 2 is 0.532 bits per heavy atom. The highest BCUT2D eigenvalue weighted by molar-refractivity contribution is 5.71. The van der Waals surface area contributed by atoms with Crippen LogP contribution in [0.1, 0.15) is 284 Å². The molecular formula is C56H102O6. The van der Waals surface area contributed by atoms with E-state index in [0.717, 1.165) is 83.5 Å². The van der Waals surface area contributed by atoms with Crippen molar-refractivity contribution >= 4 is 17.9 Å². The number of rotatable bonds is 49. The number of esters is 3. The summed E-state index contributed by atoms with van der Waals surface area (Å²) in [5.74, 6) is -0.895. The second-order valence-electron chi connectivity index (χ2n) is 18.1. The monoisotopic (exact) mass is 871 g/mol. The van der Waals surface area contributed by atoms with Gasteiger partial charge in [-0.2, -0.15) is 0 Å². The lowest BCUT2D eigenvalue weighted by atomic mass is 10.1. The lowest BCUT2D eigenvalue weighted by Gasteiger charge is -2.18. The predicted octanol–water partition coefficient (Wildman–Crippen LogP) is 17.7. The highest BCUT2D eigenvalue weighted by Crippen LogP contribution is 2.14. The molecule has 0 aromatic heterocycles. The third-order valence-corrected chi connectivity index (χ3v) is 11.8. The summed E-state index contributed by atoms with van der Waals surface area (Å²) >= 11 is 0. The molecule has 0 N–H and O–H groups in total. The Hall–Kier alpha value is -2.37. The zero-order valence-electron chi connectivity index (χ0n) is 41.4. The van der Waals surface area contributed by atoms with Gasteiger partial charge in [0, 0.05) is 19.3 Å². The lowest BCUT2D eigenvalue weighted by Crippen LogP contribution is -2.30. The van der Waals surface area contributed by atoms with Gasteiger partial charge >= 0.3 is 17.9 Å². The summed E-state index contributed by atoms with van der Waals surface area (Å²) in [7, 11) is 0. The van der Waals surface area contributed by atoms with Crippen molar-refractivity contribution in [1.29, 1.82) is 0 Å². The number of carbonyl (C=O) groups is 3. The van der Waals surface area contributed by atoms with Gasteiger partial charge in [0.1, 0.15) is 13.2 Å². The van der Waals surface area contributed by atoms with Crippen LogP contribution in [0.2, 0.25) is 0 Å². The Morgan fingerprint density at radius 3 is 0.806 bits per heavy atom. The average molecular weight is 871 g/mol. The summed E-state index contributed by atoms with van der Waals surface area (Å²) < 4.78 is 16.8. The molecule has 0 rings (SSSR count). The van der Waals surface area contributed by atoms with Crippen molar-refractivity contribution < 1.29 is 28.6 Å². The molecule has 0 heterocycles. The molecule has 0 aliphatic carbocycles. The van der Waals surface area contributed by atoms with Gasteiger partial charge in [-0.1, -0.05) is 205 Å². The Balaban J connectivity index is 4.39. The molecule has 0 aliphatic rings. The smallest absolute Gasteiger partial charge is 0.306 e. The molecule has 0 aromatic carbocycles. The number of carbonyl (C=O) groups excluding carboxylic acids is 3. The second kappa shape index (κ2) is 51.3. The normalized spacial score (nSPS) is 12.2. The SMILES string of the molecule is CCCCCCC/C=C\CCCCCCCC(=O)OCC(COC(=O)CCCCCCC/C=C\CCCCCCCC)OC(=O)CCCCCCC/C=C\CCCCCCCC. The average Bonchev–Trinajstić information content (AvgIpc) is 3.27. The molecule has 1 unspecified atom stereocenters. The Kier molecular flexibility index (Phi) is 49.3. The van der Waals surface area contributed by atoms with E-state index in [1.165, 1.54) is 161 Å².